The average Bonchev–Trinajstić information content (AvgIpc) is 3.14. The molecule has 2 rings (SSSR count). The van der Waals surface area contributed by atoms with Crippen molar-refractivity contribution in [3.05, 3.63) is 22.3 Å². The van der Waals surface area contributed by atoms with Crippen molar-refractivity contribution in [1.29, 1.82) is 0 Å². The standard InChI is InChI=1S/C26H40N2O4/c1-5-9-13-19-20(14-10-6-2)24(30)27(23(19)29)17-18-28-25(31)21(15-11-7-3)22(26(28)32)16-12-8-4/h5-18H2,1-4H3. The normalized spacial score (nSPS) is 17.1. The summed E-state index contributed by atoms with van der Waals surface area (Å²) in [7, 11) is 0. The van der Waals surface area contributed by atoms with Crippen LogP contribution in [0.1, 0.15) is 105 Å². The minimum atomic E-state index is -0.237. The van der Waals surface area contributed by atoms with E-state index in [-0.39, 0.29) is 36.7 Å². The third-order valence-corrected chi connectivity index (χ3v) is 6.41. The van der Waals surface area contributed by atoms with Gasteiger partial charge >= 0.3 is 0 Å². The zero-order valence-corrected chi connectivity index (χ0v) is 20.4. The Morgan fingerprint density at radius 2 is 0.656 bits per heavy atom. The van der Waals surface area contributed by atoms with Crippen molar-refractivity contribution in [2.24, 2.45) is 0 Å². The molecule has 0 saturated carbocycles. The quantitative estimate of drug-likeness (QED) is 0.330. The fraction of sp³-hybridized carbons (Fsp3) is 0.692. The predicted octanol–water partition coefficient (Wildman–Crippen LogP) is 5.08. The van der Waals surface area contributed by atoms with Crippen LogP contribution in [0.15, 0.2) is 22.3 Å². The van der Waals surface area contributed by atoms with Gasteiger partial charge < -0.3 is 0 Å². The van der Waals surface area contributed by atoms with E-state index in [1.54, 1.807) is 0 Å². The van der Waals surface area contributed by atoms with Gasteiger partial charge in [0.25, 0.3) is 23.6 Å². The third kappa shape index (κ3) is 5.76. The van der Waals surface area contributed by atoms with E-state index in [1.807, 2.05) is 0 Å². The van der Waals surface area contributed by atoms with E-state index in [2.05, 4.69) is 27.7 Å². The highest BCUT2D eigenvalue weighted by Gasteiger charge is 2.40. The number of carbonyl (C=O) groups is 4. The first-order valence-electron chi connectivity index (χ1n) is 12.6. The van der Waals surface area contributed by atoms with E-state index in [4.69, 9.17) is 0 Å². The number of amides is 4. The maximum Gasteiger partial charge on any atom is 0.257 e. The minimum absolute atomic E-state index is 0.0719. The van der Waals surface area contributed by atoms with Crippen LogP contribution in [0.2, 0.25) is 0 Å². The van der Waals surface area contributed by atoms with Crippen molar-refractivity contribution in [2.45, 2.75) is 105 Å². The second-order valence-electron chi connectivity index (χ2n) is 8.85. The van der Waals surface area contributed by atoms with Gasteiger partial charge in [0.15, 0.2) is 0 Å². The molecular formula is C26H40N2O4. The van der Waals surface area contributed by atoms with Gasteiger partial charge in [0.05, 0.1) is 0 Å². The van der Waals surface area contributed by atoms with E-state index in [1.165, 1.54) is 9.80 Å². The summed E-state index contributed by atoms with van der Waals surface area (Å²) < 4.78 is 0. The van der Waals surface area contributed by atoms with E-state index in [9.17, 15) is 19.2 Å². The summed E-state index contributed by atoms with van der Waals surface area (Å²) >= 11 is 0. The zero-order valence-electron chi connectivity index (χ0n) is 20.4. The number of hydrogen-bond acceptors (Lipinski definition) is 4. The van der Waals surface area contributed by atoms with Gasteiger partial charge in [0, 0.05) is 35.4 Å². The fourth-order valence-corrected chi connectivity index (χ4v) is 4.40. The Labute approximate surface area is 193 Å². The molecule has 0 fully saturated rings. The molecule has 32 heavy (non-hydrogen) atoms. The predicted molar refractivity (Wildman–Crippen MR) is 126 cm³/mol. The van der Waals surface area contributed by atoms with Crippen molar-refractivity contribution in [1.82, 2.24) is 9.80 Å². The van der Waals surface area contributed by atoms with Crippen LogP contribution in [0.4, 0.5) is 0 Å². The molecule has 2 aliphatic rings. The molecular weight excluding hydrogens is 404 g/mol. The van der Waals surface area contributed by atoms with E-state index in [0.717, 1.165) is 51.4 Å². The topological polar surface area (TPSA) is 74.8 Å². The molecule has 0 radical (unpaired) electrons. The minimum Gasteiger partial charge on any atom is -0.273 e. The molecule has 0 spiro atoms. The first-order chi connectivity index (χ1) is 15.4. The van der Waals surface area contributed by atoms with Crippen molar-refractivity contribution < 1.29 is 19.2 Å². The van der Waals surface area contributed by atoms with Crippen LogP contribution >= 0.6 is 0 Å². The number of imide groups is 2. The Morgan fingerprint density at radius 3 is 0.844 bits per heavy atom. The van der Waals surface area contributed by atoms with E-state index < -0.39 is 0 Å². The Morgan fingerprint density at radius 1 is 0.438 bits per heavy atom. The summed E-state index contributed by atoms with van der Waals surface area (Å²) in [6.45, 7) is 8.40. The van der Waals surface area contributed by atoms with Gasteiger partial charge in [-0.25, -0.2) is 0 Å². The summed E-state index contributed by atoms with van der Waals surface area (Å²) in [5.41, 5.74) is 2.54. The Hall–Kier alpha value is -2.24. The summed E-state index contributed by atoms with van der Waals surface area (Å²) in [5.74, 6) is -0.948. The maximum absolute atomic E-state index is 13.0. The fourth-order valence-electron chi connectivity index (χ4n) is 4.40. The lowest BCUT2D eigenvalue weighted by Gasteiger charge is -2.20. The molecule has 0 aromatic heterocycles. The Bertz CT molecular complexity index is 668. The van der Waals surface area contributed by atoms with Crippen LogP contribution in [0.3, 0.4) is 0 Å². The largest absolute Gasteiger partial charge is 0.273 e. The molecule has 0 N–H and O–H groups in total. The first kappa shape index (κ1) is 26.0. The van der Waals surface area contributed by atoms with Crippen molar-refractivity contribution in [3.8, 4) is 0 Å². The number of carbonyl (C=O) groups excluding carboxylic acids is 4. The summed E-state index contributed by atoms with van der Waals surface area (Å²) in [6, 6.07) is 0. The van der Waals surface area contributed by atoms with Crippen LogP contribution < -0.4 is 0 Å². The molecule has 0 bridgehead atoms. The summed E-state index contributed by atoms with van der Waals surface area (Å²) in [4.78, 5) is 54.6. The Kier molecular flexibility index (Phi) is 10.3. The molecule has 4 amide bonds. The molecule has 0 aromatic rings. The lowest BCUT2D eigenvalue weighted by Crippen LogP contribution is -2.42. The van der Waals surface area contributed by atoms with Gasteiger partial charge in [-0.1, -0.05) is 53.4 Å². The number of unbranched alkanes of at least 4 members (excludes halogenated alkanes) is 4. The summed E-state index contributed by atoms with van der Waals surface area (Å²) in [5, 5.41) is 0. The highest BCUT2D eigenvalue weighted by molar-refractivity contribution is 6.20. The lowest BCUT2D eigenvalue weighted by atomic mass is 10.0. The number of hydrogen-bond donors (Lipinski definition) is 0. The van der Waals surface area contributed by atoms with Crippen molar-refractivity contribution in [2.75, 3.05) is 13.1 Å². The average molecular weight is 445 g/mol. The van der Waals surface area contributed by atoms with Gasteiger partial charge in [-0.2, -0.15) is 0 Å². The van der Waals surface area contributed by atoms with Crippen molar-refractivity contribution in [3.63, 3.8) is 0 Å². The maximum atomic E-state index is 13.0. The molecule has 2 aliphatic heterocycles. The smallest absolute Gasteiger partial charge is 0.257 e. The van der Waals surface area contributed by atoms with Crippen LogP contribution in [0.25, 0.3) is 0 Å². The van der Waals surface area contributed by atoms with Crippen LogP contribution in [-0.4, -0.2) is 46.5 Å². The number of nitrogens with zero attached hydrogens (tertiary/aromatic N) is 2. The van der Waals surface area contributed by atoms with E-state index in [0.29, 0.717) is 48.0 Å². The molecule has 0 aliphatic carbocycles. The second-order valence-corrected chi connectivity index (χ2v) is 8.85. The van der Waals surface area contributed by atoms with Crippen LogP contribution in [0.5, 0.6) is 0 Å². The van der Waals surface area contributed by atoms with Gasteiger partial charge in [0.1, 0.15) is 0 Å². The molecule has 0 saturated heterocycles. The third-order valence-electron chi connectivity index (χ3n) is 6.41. The monoisotopic (exact) mass is 444 g/mol. The van der Waals surface area contributed by atoms with Crippen molar-refractivity contribution >= 4 is 23.6 Å². The molecule has 6 heteroatoms. The van der Waals surface area contributed by atoms with Crippen LogP contribution in [0, 0.1) is 0 Å². The summed E-state index contributed by atoms with van der Waals surface area (Å²) in [6.07, 6.45) is 9.74. The molecule has 2 heterocycles. The lowest BCUT2D eigenvalue weighted by molar-refractivity contribution is -0.143. The first-order valence-corrected chi connectivity index (χ1v) is 12.6. The highest BCUT2D eigenvalue weighted by Crippen LogP contribution is 2.31. The molecule has 0 unspecified atom stereocenters. The van der Waals surface area contributed by atoms with Gasteiger partial charge in [-0.15, -0.1) is 0 Å². The molecule has 6 nitrogen and oxygen atoms in total. The SMILES string of the molecule is CCCCC1=C(CCCC)C(=O)N(CCN2C(=O)C(CCCC)=C(CCCC)C2=O)C1=O. The molecule has 0 aromatic carbocycles. The molecule has 0 atom stereocenters. The van der Waals surface area contributed by atoms with Gasteiger partial charge in [-0.05, 0) is 51.4 Å². The molecule has 178 valence electrons. The zero-order chi connectivity index (χ0) is 23.7. The number of rotatable bonds is 15. The van der Waals surface area contributed by atoms with E-state index >= 15 is 0 Å². The van der Waals surface area contributed by atoms with Gasteiger partial charge in [0.2, 0.25) is 0 Å². The second kappa shape index (κ2) is 12.7. The highest BCUT2D eigenvalue weighted by atomic mass is 16.2. The van der Waals surface area contributed by atoms with Gasteiger partial charge in [-0.3, -0.25) is 29.0 Å². The Balaban J connectivity index is 2.12. The van der Waals surface area contributed by atoms with Crippen LogP contribution in [-0.2, 0) is 19.2 Å².